The molecule has 1 saturated heterocycles. The summed E-state index contributed by atoms with van der Waals surface area (Å²) >= 11 is 0. The predicted molar refractivity (Wildman–Crippen MR) is 109 cm³/mol. The molecule has 0 N–H and O–H groups in total. The van der Waals surface area contributed by atoms with Gasteiger partial charge in [-0.05, 0) is 34.9 Å². The molecule has 2 aromatic carbocycles. The molecule has 0 bridgehead atoms. The molecule has 0 spiro atoms. The second-order valence-corrected chi connectivity index (χ2v) is 7.51. The van der Waals surface area contributed by atoms with Crippen LogP contribution in [0.5, 0.6) is 11.5 Å². The first-order chi connectivity index (χ1) is 14.1. The van der Waals surface area contributed by atoms with Gasteiger partial charge in [0, 0.05) is 32.6 Å². The van der Waals surface area contributed by atoms with Crippen molar-refractivity contribution in [3.05, 3.63) is 59.2 Å². The van der Waals surface area contributed by atoms with Gasteiger partial charge in [-0.15, -0.1) is 0 Å². The average molecular weight is 394 g/mol. The van der Waals surface area contributed by atoms with E-state index >= 15 is 0 Å². The number of carbonyl (C=O) groups is 2. The molecule has 0 radical (unpaired) electrons. The molecule has 0 aromatic heterocycles. The van der Waals surface area contributed by atoms with Gasteiger partial charge in [0.1, 0.15) is 11.5 Å². The summed E-state index contributed by atoms with van der Waals surface area (Å²) < 4.78 is 10.7. The van der Waals surface area contributed by atoms with Crippen LogP contribution in [0.3, 0.4) is 0 Å². The normalized spacial score (nSPS) is 15.6. The van der Waals surface area contributed by atoms with Gasteiger partial charge in [-0.25, -0.2) is 0 Å². The molecule has 0 saturated carbocycles. The second-order valence-electron chi connectivity index (χ2n) is 7.51. The minimum absolute atomic E-state index is 0.0870. The van der Waals surface area contributed by atoms with Crippen molar-refractivity contribution in [2.45, 2.75) is 19.3 Å². The van der Waals surface area contributed by atoms with Gasteiger partial charge in [0.25, 0.3) is 0 Å². The van der Waals surface area contributed by atoms with Crippen molar-refractivity contribution in [3.63, 3.8) is 0 Å². The van der Waals surface area contributed by atoms with Gasteiger partial charge in [0.15, 0.2) is 0 Å². The predicted octanol–water partition coefficient (Wildman–Crippen LogP) is 2.09. The van der Waals surface area contributed by atoms with Crippen molar-refractivity contribution < 1.29 is 19.1 Å². The van der Waals surface area contributed by atoms with Crippen molar-refractivity contribution in [1.82, 2.24) is 9.80 Å². The highest BCUT2D eigenvalue weighted by Gasteiger charge is 2.24. The quantitative estimate of drug-likeness (QED) is 0.779. The second kappa shape index (κ2) is 8.55. The van der Waals surface area contributed by atoms with E-state index in [4.69, 9.17) is 9.47 Å². The fraction of sp³-hybridized carbons (Fsp3) is 0.391. The Morgan fingerprint density at radius 2 is 1.59 bits per heavy atom. The van der Waals surface area contributed by atoms with E-state index in [9.17, 15) is 9.59 Å². The van der Waals surface area contributed by atoms with Gasteiger partial charge in [0.2, 0.25) is 11.8 Å². The molecule has 6 heteroatoms. The van der Waals surface area contributed by atoms with Crippen molar-refractivity contribution in [3.8, 4) is 11.5 Å². The Morgan fingerprint density at radius 3 is 2.24 bits per heavy atom. The molecule has 0 atom stereocenters. The number of piperazine rings is 1. The summed E-state index contributed by atoms with van der Waals surface area (Å²) in [7, 11) is 1.62. The van der Waals surface area contributed by atoms with E-state index in [1.165, 1.54) is 5.56 Å². The third-order valence-corrected chi connectivity index (χ3v) is 5.58. The van der Waals surface area contributed by atoms with Crippen LogP contribution in [-0.4, -0.2) is 61.5 Å². The maximum absolute atomic E-state index is 12.7. The van der Waals surface area contributed by atoms with Crippen LogP contribution in [0.25, 0.3) is 0 Å². The molecule has 1 fully saturated rings. The topological polar surface area (TPSA) is 59.1 Å². The van der Waals surface area contributed by atoms with Crippen molar-refractivity contribution in [2.75, 3.05) is 39.9 Å². The summed E-state index contributed by atoms with van der Waals surface area (Å²) in [6.45, 7) is 3.03. The molecular weight excluding hydrogens is 368 g/mol. The van der Waals surface area contributed by atoms with Gasteiger partial charge < -0.3 is 19.3 Å². The zero-order valence-corrected chi connectivity index (χ0v) is 16.7. The largest absolute Gasteiger partial charge is 0.497 e. The standard InChI is InChI=1S/C23H26N2O4/c1-28-20-4-2-3-17(14-20)15-22(26)24-8-10-25(11-9-24)23(27)16-18-5-6-21-19(13-18)7-12-29-21/h2-6,13-14H,7-12,15-16H2,1H3. The van der Waals surface area contributed by atoms with Crippen LogP contribution in [0.2, 0.25) is 0 Å². The highest BCUT2D eigenvalue weighted by molar-refractivity contribution is 5.81. The fourth-order valence-corrected chi connectivity index (χ4v) is 3.91. The van der Waals surface area contributed by atoms with E-state index in [-0.39, 0.29) is 11.8 Å². The zero-order chi connectivity index (χ0) is 20.2. The van der Waals surface area contributed by atoms with Crippen LogP contribution in [0.15, 0.2) is 42.5 Å². The summed E-state index contributed by atoms with van der Waals surface area (Å²) in [5.41, 5.74) is 3.15. The first-order valence-corrected chi connectivity index (χ1v) is 10.1. The van der Waals surface area contributed by atoms with Gasteiger partial charge in [-0.1, -0.05) is 24.3 Å². The fourth-order valence-electron chi connectivity index (χ4n) is 3.91. The highest BCUT2D eigenvalue weighted by atomic mass is 16.5. The third-order valence-electron chi connectivity index (χ3n) is 5.58. The number of ether oxygens (including phenoxy) is 2. The number of carbonyl (C=O) groups excluding carboxylic acids is 2. The van der Waals surface area contributed by atoms with Crippen LogP contribution in [-0.2, 0) is 28.9 Å². The zero-order valence-electron chi connectivity index (χ0n) is 16.7. The molecule has 152 valence electrons. The van der Waals surface area contributed by atoms with Gasteiger partial charge in [-0.2, -0.15) is 0 Å². The van der Waals surface area contributed by atoms with Crippen molar-refractivity contribution in [1.29, 1.82) is 0 Å². The monoisotopic (exact) mass is 394 g/mol. The summed E-state index contributed by atoms with van der Waals surface area (Å²) in [5.74, 6) is 1.89. The maximum Gasteiger partial charge on any atom is 0.227 e. The molecule has 2 aliphatic rings. The minimum atomic E-state index is 0.0870. The van der Waals surface area contributed by atoms with E-state index in [1.54, 1.807) is 7.11 Å². The molecule has 6 nitrogen and oxygen atoms in total. The number of methoxy groups -OCH3 is 1. The SMILES string of the molecule is COc1cccc(CC(=O)N2CCN(C(=O)Cc3ccc4c(c3)CCO4)CC2)c1. The lowest BCUT2D eigenvalue weighted by Gasteiger charge is -2.35. The van der Waals surface area contributed by atoms with Gasteiger partial charge >= 0.3 is 0 Å². The molecule has 4 rings (SSSR count). The van der Waals surface area contributed by atoms with Crippen molar-refractivity contribution >= 4 is 11.8 Å². The maximum atomic E-state index is 12.7. The Morgan fingerprint density at radius 1 is 0.931 bits per heavy atom. The molecule has 2 aromatic rings. The third kappa shape index (κ3) is 4.53. The lowest BCUT2D eigenvalue weighted by atomic mass is 10.1. The first kappa shape index (κ1) is 19.3. The van der Waals surface area contributed by atoms with Crippen LogP contribution in [0.4, 0.5) is 0 Å². The highest BCUT2D eigenvalue weighted by Crippen LogP contribution is 2.26. The van der Waals surface area contributed by atoms with Crippen LogP contribution < -0.4 is 9.47 Å². The molecule has 2 aliphatic heterocycles. The summed E-state index contributed by atoms with van der Waals surface area (Å²) in [6, 6.07) is 13.6. The number of fused-ring (bicyclic) bond motifs is 1. The smallest absolute Gasteiger partial charge is 0.227 e. The van der Waals surface area contributed by atoms with Gasteiger partial charge in [-0.3, -0.25) is 9.59 Å². The number of rotatable bonds is 5. The Balaban J connectivity index is 1.28. The van der Waals surface area contributed by atoms with Gasteiger partial charge in [0.05, 0.1) is 26.6 Å². The molecule has 0 unspecified atom stereocenters. The Labute approximate surface area is 171 Å². The molecule has 29 heavy (non-hydrogen) atoms. The van der Waals surface area contributed by atoms with E-state index in [1.807, 2.05) is 46.2 Å². The summed E-state index contributed by atoms with van der Waals surface area (Å²) in [6.07, 6.45) is 1.65. The van der Waals surface area contributed by atoms with E-state index < -0.39 is 0 Å². The van der Waals surface area contributed by atoms with Crippen LogP contribution in [0.1, 0.15) is 16.7 Å². The number of nitrogens with zero attached hydrogens (tertiary/aromatic N) is 2. The summed E-state index contributed by atoms with van der Waals surface area (Å²) in [4.78, 5) is 29.0. The first-order valence-electron chi connectivity index (χ1n) is 10.1. The average Bonchev–Trinajstić information content (AvgIpc) is 3.22. The summed E-state index contributed by atoms with van der Waals surface area (Å²) in [5, 5.41) is 0. The van der Waals surface area contributed by atoms with Crippen LogP contribution >= 0.6 is 0 Å². The molecule has 2 amide bonds. The van der Waals surface area contributed by atoms with E-state index in [2.05, 4.69) is 6.07 Å². The van der Waals surface area contributed by atoms with E-state index in [0.29, 0.717) is 39.0 Å². The molecule has 2 heterocycles. The number of hydrogen-bond acceptors (Lipinski definition) is 4. The number of amides is 2. The lowest BCUT2D eigenvalue weighted by molar-refractivity contribution is -0.138. The number of benzene rings is 2. The Kier molecular flexibility index (Phi) is 5.69. The molecular formula is C23H26N2O4. The Bertz CT molecular complexity index is 904. The van der Waals surface area contributed by atoms with E-state index in [0.717, 1.165) is 35.7 Å². The minimum Gasteiger partial charge on any atom is -0.497 e. The van der Waals surface area contributed by atoms with Crippen LogP contribution in [0, 0.1) is 0 Å². The molecule has 0 aliphatic carbocycles. The van der Waals surface area contributed by atoms with Crippen molar-refractivity contribution in [2.24, 2.45) is 0 Å². The Hall–Kier alpha value is -3.02. The lowest BCUT2D eigenvalue weighted by Crippen LogP contribution is -2.51. The number of hydrogen-bond donors (Lipinski definition) is 0.